The van der Waals surface area contributed by atoms with Gasteiger partial charge in [-0.05, 0) is 55.2 Å². The van der Waals surface area contributed by atoms with Gasteiger partial charge in [0, 0.05) is 35.5 Å². The van der Waals surface area contributed by atoms with Gasteiger partial charge in [0.15, 0.2) is 0 Å². The highest BCUT2D eigenvalue weighted by molar-refractivity contribution is 5.74. The van der Waals surface area contributed by atoms with E-state index in [1.807, 2.05) is 0 Å². The molecule has 1 atom stereocenters. The van der Waals surface area contributed by atoms with Gasteiger partial charge < -0.3 is 10.0 Å². The molecule has 1 aliphatic heterocycles. The molecule has 0 radical (unpaired) electrons. The van der Waals surface area contributed by atoms with Crippen molar-refractivity contribution in [2.45, 2.75) is 77.0 Å². The Hall–Kier alpha value is -1.94. The lowest BCUT2D eigenvalue weighted by atomic mass is 9.74. The Labute approximate surface area is 169 Å². The van der Waals surface area contributed by atoms with Crippen LogP contribution in [0.15, 0.2) is 24.5 Å². The van der Waals surface area contributed by atoms with Gasteiger partial charge in [-0.1, -0.05) is 45.7 Å². The smallest absolute Gasteiger partial charge is 0.140 e. The summed E-state index contributed by atoms with van der Waals surface area (Å²) in [5.41, 5.74) is 6.77. The van der Waals surface area contributed by atoms with Gasteiger partial charge in [-0.2, -0.15) is 0 Å². The van der Waals surface area contributed by atoms with Crippen molar-refractivity contribution >= 4 is 11.5 Å². The van der Waals surface area contributed by atoms with E-state index < -0.39 is 0 Å². The number of hydrogen-bond acceptors (Lipinski definition) is 4. The molecule has 1 aromatic heterocycles. The second-order valence-electron chi connectivity index (χ2n) is 8.69. The van der Waals surface area contributed by atoms with Crippen LogP contribution in [0.25, 0.3) is 0 Å². The van der Waals surface area contributed by atoms with Crippen molar-refractivity contribution in [2.24, 2.45) is 0 Å². The molecule has 2 heterocycles. The summed E-state index contributed by atoms with van der Waals surface area (Å²) < 4.78 is 0. The summed E-state index contributed by atoms with van der Waals surface area (Å²) >= 11 is 0. The number of aryl methyl sites for hydroxylation is 1. The summed E-state index contributed by atoms with van der Waals surface area (Å²) in [6.07, 6.45) is 9.45. The highest BCUT2D eigenvalue weighted by Gasteiger charge is 2.43. The van der Waals surface area contributed by atoms with Crippen LogP contribution in [-0.4, -0.2) is 28.2 Å². The van der Waals surface area contributed by atoms with Gasteiger partial charge in [0.05, 0.1) is 0 Å². The third-order valence-electron chi connectivity index (χ3n) is 6.75. The van der Waals surface area contributed by atoms with Crippen molar-refractivity contribution < 1.29 is 5.11 Å². The third-order valence-corrected chi connectivity index (χ3v) is 6.75. The fourth-order valence-electron chi connectivity index (χ4n) is 5.54. The fraction of sp³-hybridized carbons (Fsp3) is 0.583. The van der Waals surface area contributed by atoms with Crippen LogP contribution in [0.1, 0.15) is 81.2 Å². The Morgan fingerprint density at radius 3 is 2.68 bits per heavy atom. The van der Waals surface area contributed by atoms with E-state index in [2.05, 4.69) is 48.9 Å². The Kier molecular flexibility index (Phi) is 5.42. The molecule has 0 amide bonds. The number of fused-ring (bicyclic) bond motifs is 2. The minimum Gasteiger partial charge on any atom is -0.396 e. The maximum absolute atomic E-state index is 9.44. The van der Waals surface area contributed by atoms with E-state index in [1.165, 1.54) is 60.2 Å². The molecule has 2 aliphatic rings. The molecule has 0 bridgehead atoms. The first-order valence-electron chi connectivity index (χ1n) is 11.0. The standard InChI is InChI=1S/C24H33N3O/c1-4-11-24(12-5-2)15-27(21-9-7-18(10-13-28)14-19(21)24)23-22-17(3)6-8-20(22)25-16-26-23/h7,9,14,16-17,28H,4-6,8,10-13,15H2,1-3H3/t17-/m1/s1. The number of aliphatic hydroxyl groups excluding tert-OH is 1. The van der Waals surface area contributed by atoms with Crippen LogP contribution in [0.4, 0.5) is 11.5 Å². The van der Waals surface area contributed by atoms with Gasteiger partial charge in [-0.15, -0.1) is 0 Å². The molecule has 0 fully saturated rings. The molecule has 1 N–H and O–H groups in total. The first-order valence-corrected chi connectivity index (χ1v) is 11.0. The average molecular weight is 380 g/mol. The lowest BCUT2D eigenvalue weighted by molar-refractivity contribution is 0.299. The molecule has 2 aromatic rings. The molecule has 150 valence electrons. The Morgan fingerprint density at radius 2 is 1.96 bits per heavy atom. The summed E-state index contributed by atoms with van der Waals surface area (Å²) in [4.78, 5) is 11.9. The van der Waals surface area contributed by atoms with Gasteiger partial charge in [-0.3, -0.25) is 0 Å². The molecular weight excluding hydrogens is 346 g/mol. The molecule has 0 saturated carbocycles. The maximum atomic E-state index is 9.44. The molecule has 1 aromatic carbocycles. The first-order chi connectivity index (χ1) is 13.6. The topological polar surface area (TPSA) is 49.2 Å². The lowest BCUT2D eigenvalue weighted by Crippen LogP contribution is -2.32. The maximum Gasteiger partial charge on any atom is 0.140 e. The van der Waals surface area contributed by atoms with Crippen molar-refractivity contribution in [3.63, 3.8) is 0 Å². The van der Waals surface area contributed by atoms with Gasteiger partial charge >= 0.3 is 0 Å². The van der Waals surface area contributed by atoms with E-state index >= 15 is 0 Å². The Balaban J connectivity index is 1.85. The van der Waals surface area contributed by atoms with E-state index in [0.29, 0.717) is 5.92 Å². The quantitative estimate of drug-likeness (QED) is 0.731. The van der Waals surface area contributed by atoms with Gasteiger partial charge in [0.2, 0.25) is 0 Å². The number of benzene rings is 1. The van der Waals surface area contributed by atoms with Crippen molar-refractivity contribution in [2.75, 3.05) is 18.1 Å². The van der Waals surface area contributed by atoms with Gasteiger partial charge in [0.25, 0.3) is 0 Å². The van der Waals surface area contributed by atoms with Crippen LogP contribution in [0.3, 0.4) is 0 Å². The zero-order valence-electron chi connectivity index (χ0n) is 17.5. The average Bonchev–Trinajstić information content (AvgIpc) is 3.22. The molecular formula is C24H33N3O. The van der Waals surface area contributed by atoms with E-state index in [9.17, 15) is 5.11 Å². The number of nitrogens with zero attached hydrogens (tertiary/aromatic N) is 3. The Morgan fingerprint density at radius 1 is 1.18 bits per heavy atom. The molecule has 4 heteroatoms. The second-order valence-corrected chi connectivity index (χ2v) is 8.69. The zero-order chi connectivity index (χ0) is 19.7. The van der Waals surface area contributed by atoms with E-state index in [1.54, 1.807) is 6.33 Å². The van der Waals surface area contributed by atoms with Crippen molar-refractivity contribution in [3.8, 4) is 0 Å². The minimum absolute atomic E-state index is 0.171. The monoisotopic (exact) mass is 379 g/mol. The molecule has 0 unspecified atom stereocenters. The van der Waals surface area contributed by atoms with E-state index in [4.69, 9.17) is 4.98 Å². The number of aliphatic hydroxyl groups is 1. The number of rotatable bonds is 7. The summed E-state index contributed by atoms with van der Waals surface area (Å²) in [7, 11) is 0. The first kappa shape index (κ1) is 19.4. The van der Waals surface area contributed by atoms with Crippen LogP contribution in [0.2, 0.25) is 0 Å². The number of hydrogen-bond donors (Lipinski definition) is 1. The molecule has 1 aliphatic carbocycles. The summed E-state index contributed by atoms with van der Waals surface area (Å²) in [6, 6.07) is 6.81. The van der Waals surface area contributed by atoms with Crippen LogP contribution < -0.4 is 4.90 Å². The predicted molar refractivity (Wildman–Crippen MR) is 114 cm³/mol. The molecule has 28 heavy (non-hydrogen) atoms. The highest BCUT2D eigenvalue weighted by Crippen LogP contribution is 2.51. The van der Waals surface area contributed by atoms with Crippen molar-refractivity contribution in [1.29, 1.82) is 0 Å². The van der Waals surface area contributed by atoms with E-state index in [-0.39, 0.29) is 12.0 Å². The Bertz CT molecular complexity index is 842. The number of aromatic nitrogens is 2. The summed E-state index contributed by atoms with van der Waals surface area (Å²) in [6.45, 7) is 8.10. The highest BCUT2D eigenvalue weighted by atomic mass is 16.2. The third kappa shape index (κ3) is 3.12. The minimum atomic E-state index is 0.171. The van der Waals surface area contributed by atoms with Gasteiger partial charge in [0.1, 0.15) is 12.1 Å². The molecule has 4 rings (SSSR count). The van der Waals surface area contributed by atoms with Crippen LogP contribution in [0, 0.1) is 0 Å². The number of anilines is 2. The fourth-order valence-corrected chi connectivity index (χ4v) is 5.54. The normalized spacial score (nSPS) is 19.7. The van der Waals surface area contributed by atoms with Crippen LogP contribution >= 0.6 is 0 Å². The second kappa shape index (κ2) is 7.82. The van der Waals surface area contributed by atoms with Crippen LogP contribution in [0.5, 0.6) is 0 Å². The summed E-state index contributed by atoms with van der Waals surface area (Å²) in [5.74, 6) is 1.65. The predicted octanol–water partition coefficient (Wildman–Crippen LogP) is 5.05. The van der Waals surface area contributed by atoms with Crippen molar-refractivity contribution in [3.05, 3.63) is 46.9 Å². The molecule has 4 nitrogen and oxygen atoms in total. The van der Waals surface area contributed by atoms with Gasteiger partial charge in [-0.25, -0.2) is 9.97 Å². The lowest BCUT2D eigenvalue weighted by Gasteiger charge is -2.31. The largest absolute Gasteiger partial charge is 0.396 e. The SMILES string of the molecule is CCCC1(CCC)CN(c2ncnc3c2[C@H](C)CC3)c2ccc(CCO)cc21. The van der Waals surface area contributed by atoms with Crippen LogP contribution in [-0.2, 0) is 18.3 Å². The molecule has 0 spiro atoms. The molecule has 0 saturated heterocycles. The van der Waals surface area contributed by atoms with E-state index in [0.717, 1.165) is 25.2 Å². The zero-order valence-corrected chi connectivity index (χ0v) is 17.5. The van der Waals surface area contributed by atoms with Crippen molar-refractivity contribution in [1.82, 2.24) is 9.97 Å². The summed E-state index contributed by atoms with van der Waals surface area (Å²) in [5, 5.41) is 9.44.